The van der Waals surface area contributed by atoms with Crippen molar-refractivity contribution in [2.75, 3.05) is 51.9 Å². The van der Waals surface area contributed by atoms with E-state index in [4.69, 9.17) is 37.8 Å². The maximum atomic E-state index is 14.8. The molecule has 1 aromatic heterocycles. The number of esters is 1. The summed E-state index contributed by atoms with van der Waals surface area (Å²) in [5, 5.41) is 49.0. The van der Waals surface area contributed by atoms with Crippen LogP contribution in [0.3, 0.4) is 0 Å². The van der Waals surface area contributed by atoms with Crippen LogP contribution in [0, 0.1) is 30.6 Å². The maximum Gasteiger partial charge on any atom is 0.307 e. The Labute approximate surface area is 386 Å². The predicted molar refractivity (Wildman–Crippen MR) is 248 cm³/mol. The Morgan fingerprint density at radius 1 is 0.970 bits per heavy atom. The number of aliphatic hydroxyl groups excluding tert-OH is 3. The van der Waals surface area contributed by atoms with Crippen LogP contribution in [0.2, 0.25) is 0 Å². The normalized spacial score (nSPS) is 29.6. The minimum absolute atomic E-state index is 0.0395. The number of phenolic OH excluding ortho intramolecular Hbond substituents is 1. The third kappa shape index (κ3) is 9.45. The molecule has 0 unspecified atom stereocenters. The zero-order valence-electron chi connectivity index (χ0n) is 39.1. The molecule has 18 heteroatoms. The lowest BCUT2D eigenvalue weighted by atomic mass is 9.78. The van der Waals surface area contributed by atoms with Gasteiger partial charge in [-0.3, -0.25) is 24.1 Å². The van der Waals surface area contributed by atoms with Crippen molar-refractivity contribution in [2.45, 2.75) is 85.6 Å². The van der Waals surface area contributed by atoms with Crippen molar-refractivity contribution in [1.29, 1.82) is 0 Å². The molecule has 0 radical (unpaired) electrons. The highest BCUT2D eigenvalue weighted by atomic mass is 16.7. The summed E-state index contributed by atoms with van der Waals surface area (Å²) >= 11 is 0. The lowest BCUT2D eigenvalue weighted by Gasteiger charge is -2.38. The van der Waals surface area contributed by atoms with E-state index in [0.717, 1.165) is 13.1 Å². The smallest absolute Gasteiger partial charge is 0.307 e. The number of aromatic hydroxyl groups is 1. The standard InChI is InChI=1S/C49H59N3O15/c1-23-11-10-12-24(2)48(60)51-39-43(58)35-34(38-46(39)66-33-22-30(21-31(54)37(33)50-38)63-20-16-52-14-18-62-19-15-52)36-45(28(6)42(35)57)67-49(8,47(36)59)64-17-13-32(61-9)25(3)44(65-29(7)53)27(5)41(56)26(4)40(23)55/h10-13,17,21-23,25-27,32,40-41,44,55-57,59H,14-16,18-20H2,1-9H3,(H,51,60)/b11-10+,17-13+,24-12-/t23-,25+,26+,27+,32-,40-,41+,44+,49-/m0/s1. The lowest BCUT2D eigenvalue weighted by molar-refractivity contribution is -0.160. The van der Waals surface area contributed by atoms with Gasteiger partial charge >= 0.3 is 11.8 Å². The first kappa shape index (κ1) is 48.9. The molecule has 9 atom stereocenters. The van der Waals surface area contributed by atoms with Gasteiger partial charge in [0.2, 0.25) is 10.9 Å². The summed E-state index contributed by atoms with van der Waals surface area (Å²) in [6, 6.07) is 2.71. The number of phenols is 1. The zero-order valence-corrected chi connectivity index (χ0v) is 39.1. The summed E-state index contributed by atoms with van der Waals surface area (Å²) < 4.78 is 41.7. The fourth-order valence-electron chi connectivity index (χ4n) is 9.07. The van der Waals surface area contributed by atoms with Crippen molar-refractivity contribution in [1.82, 2.24) is 9.88 Å². The lowest BCUT2D eigenvalue weighted by Crippen LogP contribution is -2.46. The fourth-order valence-corrected chi connectivity index (χ4v) is 9.07. The van der Waals surface area contributed by atoms with Gasteiger partial charge in [-0.05, 0) is 19.9 Å². The van der Waals surface area contributed by atoms with Crippen LogP contribution >= 0.6 is 0 Å². The molecule has 3 aromatic carbocycles. The first-order valence-electron chi connectivity index (χ1n) is 22.3. The number of allylic oxidation sites excluding steroid dienone is 2. The highest BCUT2D eigenvalue weighted by molar-refractivity contribution is 6.16. The molecule has 3 aliphatic heterocycles. The summed E-state index contributed by atoms with van der Waals surface area (Å²) in [4.78, 5) is 61.9. The largest absolute Gasteiger partial charge is 0.507 e. The van der Waals surface area contributed by atoms with Gasteiger partial charge in [0.05, 0.1) is 48.4 Å². The average Bonchev–Trinajstić information content (AvgIpc) is 3.56. The summed E-state index contributed by atoms with van der Waals surface area (Å²) in [5.74, 6) is -6.89. The zero-order chi connectivity index (χ0) is 48.6. The number of fused-ring (bicyclic) bond motifs is 2. The monoisotopic (exact) mass is 929 g/mol. The number of carbonyl (C=O) groups is 2. The molecule has 5 N–H and O–H groups in total. The van der Waals surface area contributed by atoms with Crippen LogP contribution in [0.5, 0.6) is 17.2 Å². The number of benzene rings is 3. The number of morpholine rings is 1. The number of nitrogens with one attached hydrogen (secondary N) is 1. The van der Waals surface area contributed by atoms with Crippen LogP contribution in [0.25, 0.3) is 38.7 Å². The van der Waals surface area contributed by atoms with E-state index in [-0.39, 0.29) is 67.4 Å². The van der Waals surface area contributed by atoms with E-state index in [1.807, 2.05) is 0 Å². The number of amides is 1. The number of nitrogens with zero attached hydrogens (tertiary/aromatic N) is 2. The van der Waals surface area contributed by atoms with Gasteiger partial charge in [0.15, 0.2) is 22.4 Å². The Kier molecular flexibility index (Phi) is 14.3. The van der Waals surface area contributed by atoms with E-state index in [1.165, 1.54) is 65.4 Å². The number of aromatic nitrogens is 1. The van der Waals surface area contributed by atoms with Crippen molar-refractivity contribution in [3.63, 3.8) is 0 Å². The molecule has 4 bridgehead atoms. The van der Waals surface area contributed by atoms with Crippen LogP contribution in [0.1, 0.15) is 54.0 Å². The Bertz CT molecular complexity index is 2850. The molecule has 67 heavy (non-hydrogen) atoms. The number of hydrogen-bond acceptors (Lipinski definition) is 17. The third-order valence-electron chi connectivity index (χ3n) is 13.2. The number of anilines is 1. The topological polar surface area (TPSA) is 246 Å². The Morgan fingerprint density at radius 2 is 1.69 bits per heavy atom. The molecule has 18 nitrogen and oxygen atoms in total. The molecular weight excluding hydrogens is 871 g/mol. The van der Waals surface area contributed by atoms with E-state index in [9.17, 15) is 39.6 Å². The predicted octanol–water partition coefficient (Wildman–Crippen LogP) is 4.27. The second-order valence-electron chi connectivity index (χ2n) is 17.8. The Morgan fingerprint density at radius 3 is 2.37 bits per heavy atom. The first-order chi connectivity index (χ1) is 31.8. The van der Waals surface area contributed by atoms with Gasteiger partial charge in [0, 0.05) is 92.9 Å². The van der Waals surface area contributed by atoms with Crippen molar-refractivity contribution in [3.05, 3.63) is 79.5 Å². The van der Waals surface area contributed by atoms with Gasteiger partial charge in [-0.15, -0.1) is 0 Å². The minimum atomic E-state index is -2.00. The SMILES string of the molecule is CO[C@H]1/C=C/O[C@@]2(C)Oc3c(C)c(O)c4c(=O)c(c5oc6cc(OCCN7CCOCC7)cc(=O)c6nc5c4c3=C2O)NC(=O)/C(C)=C\C=C\[C@H](C)[C@H](O)[C@@H](C)[C@@H](O)[C@@H](C)[C@H](OC(C)=O)[C@@H]1C. The number of aliphatic hydroxyl groups is 3. The summed E-state index contributed by atoms with van der Waals surface area (Å²) in [7, 11) is 1.44. The molecule has 1 amide bonds. The summed E-state index contributed by atoms with van der Waals surface area (Å²) in [5.41, 5.74) is -2.46. The Hall–Kier alpha value is -6.05. The van der Waals surface area contributed by atoms with E-state index < -0.39 is 93.8 Å². The molecule has 360 valence electrons. The van der Waals surface area contributed by atoms with Crippen LogP contribution < -0.4 is 30.9 Å². The molecule has 0 saturated carbocycles. The first-order valence-corrected chi connectivity index (χ1v) is 22.3. The quantitative estimate of drug-likeness (QED) is 0.103. The second kappa shape index (κ2) is 19.7. The van der Waals surface area contributed by atoms with Crippen LogP contribution in [-0.2, 0) is 28.5 Å². The molecule has 4 aromatic rings. The van der Waals surface area contributed by atoms with Gasteiger partial charge in [-0.1, -0.05) is 45.9 Å². The second-order valence-corrected chi connectivity index (χ2v) is 17.8. The van der Waals surface area contributed by atoms with Gasteiger partial charge in [-0.25, -0.2) is 4.98 Å². The van der Waals surface area contributed by atoms with E-state index >= 15 is 0 Å². The third-order valence-corrected chi connectivity index (χ3v) is 13.2. The summed E-state index contributed by atoms with van der Waals surface area (Å²) in [6.45, 7) is 16.0. The molecule has 1 fully saturated rings. The van der Waals surface area contributed by atoms with Crippen LogP contribution in [0.4, 0.5) is 5.69 Å². The highest BCUT2D eigenvalue weighted by Gasteiger charge is 2.44. The maximum absolute atomic E-state index is 14.8. The molecule has 0 spiro atoms. The van der Waals surface area contributed by atoms with Gasteiger partial charge < -0.3 is 58.6 Å². The van der Waals surface area contributed by atoms with E-state index in [0.29, 0.717) is 19.8 Å². The Balaban J connectivity index is 1.43. The highest BCUT2D eigenvalue weighted by Crippen LogP contribution is 2.42. The van der Waals surface area contributed by atoms with Gasteiger partial charge in [-0.2, -0.15) is 0 Å². The molecule has 3 aliphatic rings. The average molecular weight is 930 g/mol. The molecule has 1 saturated heterocycles. The van der Waals surface area contributed by atoms with E-state index in [2.05, 4.69) is 10.2 Å². The number of ether oxygens (including phenoxy) is 6. The molecular formula is C49H59N3O15. The molecule has 7 rings (SSSR count). The minimum Gasteiger partial charge on any atom is -0.507 e. The van der Waals surface area contributed by atoms with Crippen molar-refractivity contribution in [3.8, 4) is 17.2 Å². The molecule has 0 aliphatic carbocycles. The van der Waals surface area contributed by atoms with Crippen molar-refractivity contribution < 1.29 is 62.9 Å². The number of carbonyl (C=O) groups excluding carboxylic acids is 2. The summed E-state index contributed by atoms with van der Waals surface area (Å²) in [6.07, 6.45) is 3.46. The number of hydrogen-bond donors (Lipinski definition) is 5. The van der Waals surface area contributed by atoms with Crippen LogP contribution in [-0.4, -0.2) is 119 Å². The van der Waals surface area contributed by atoms with Crippen molar-refractivity contribution in [2.24, 2.45) is 23.7 Å². The van der Waals surface area contributed by atoms with E-state index in [1.54, 1.807) is 39.8 Å². The number of methoxy groups -OCH3 is 1. The van der Waals surface area contributed by atoms with Gasteiger partial charge in [0.25, 0.3) is 5.91 Å². The fraction of sp³-hybridized carbons (Fsp3) is 0.490. The van der Waals surface area contributed by atoms with Crippen LogP contribution in [0.15, 0.2) is 62.3 Å². The van der Waals surface area contributed by atoms with Crippen molar-refractivity contribution >= 4 is 56.3 Å². The number of rotatable bonds is 6. The van der Waals surface area contributed by atoms with Gasteiger partial charge in [0.1, 0.15) is 41.2 Å². The molecule has 4 heterocycles.